The Morgan fingerprint density at radius 2 is 1.77 bits per heavy atom. The highest BCUT2D eigenvalue weighted by atomic mass is 35.5. The van der Waals surface area contributed by atoms with Gasteiger partial charge in [-0.05, 0) is 37.5 Å². The van der Waals surface area contributed by atoms with Gasteiger partial charge in [-0.25, -0.2) is 0 Å². The molecule has 1 amide bonds. The van der Waals surface area contributed by atoms with Gasteiger partial charge in [0.2, 0.25) is 0 Å². The van der Waals surface area contributed by atoms with Gasteiger partial charge in [0.1, 0.15) is 0 Å². The molecule has 0 radical (unpaired) electrons. The number of hydrogen-bond donors (Lipinski definition) is 0. The summed E-state index contributed by atoms with van der Waals surface area (Å²) in [4.78, 5) is 17.4. The van der Waals surface area contributed by atoms with E-state index in [2.05, 4.69) is 72.4 Å². The molecule has 31 heavy (non-hydrogen) atoms. The lowest BCUT2D eigenvalue weighted by Crippen LogP contribution is -2.50. The number of aryl methyl sites for hydroxylation is 3. The number of piperazine rings is 1. The molecule has 2 heterocycles. The Labute approximate surface area is 189 Å². The SMILES string of the molecule is CCn1cc(Cl)c(C(=O)N2CCN(C(c3ccccc3)c3cc(C)ccc3C)CC2)n1. The minimum atomic E-state index is -0.0835. The van der Waals surface area contributed by atoms with Crippen molar-refractivity contribution >= 4 is 17.5 Å². The number of nitrogens with zero attached hydrogens (tertiary/aromatic N) is 4. The number of benzene rings is 2. The van der Waals surface area contributed by atoms with Crippen LogP contribution in [0.15, 0.2) is 54.7 Å². The minimum absolute atomic E-state index is 0.0835. The van der Waals surface area contributed by atoms with Crippen molar-refractivity contribution in [1.82, 2.24) is 19.6 Å². The Morgan fingerprint density at radius 3 is 2.42 bits per heavy atom. The number of amides is 1. The van der Waals surface area contributed by atoms with Crippen LogP contribution in [0, 0.1) is 13.8 Å². The van der Waals surface area contributed by atoms with Crippen molar-refractivity contribution in [2.75, 3.05) is 26.2 Å². The van der Waals surface area contributed by atoms with E-state index in [4.69, 9.17) is 11.6 Å². The number of carbonyl (C=O) groups is 1. The van der Waals surface area contributed by atoms with Crippen molar-refractivity contribution < 1.29 is 4.79 Å². The van der Waals surface area contributed by atoms with E-state index in [9.17, 15) is 4.79 Å². The number of halogens is 1. The molecule has 1 atom stereocenters. The number of aromatic nitrogens is 2. The van der Waals surface area contributed by atoms with Crippen LogP contribution in [0.2, 0.25) is 5.02 Å². The fourth-order valence-corrected chi connectivity index (χ4v) is 4.55. The van der Waals surface area contributed by atoms with E-state index in [1.165, 1.54) is 22.3 Å². The first-order valence-corrected chi connectivity index (χ1v) is 11.2. The molecule has 1 unspecified atom stereocenters. The number of hydrogen-bond acceptors (Lipinski definition) is 3. The Hall–Kier alpha value is -2.63. The maximum Gasteiger partial charge on any atom is 0.276 e. The summed E-state index contributed by atoms with van der Waals surface area (Å²) < 4.78 is 1.71. The van der Waals surface area contributed by atoms with Crippen LogP contribution in [0.1, 0.15) is 45.7 Å². The highest BCUT2D eigenvalue weighted by molar-refractivity contribution is 6.33. The topological polar surface area (TPSA) is 41.4 Å². The third-order valence-corrected chi connectivity index (χ3v) is 6.33. The zero-order valence-electron chi connectivity index (χ0n) is 18.4. The van der Waals surface area contributed by atoms with Crippen molar-refractivity contribution in [2.24, 2.45) is 0 Å². The fourth-order valence-electron chi connectivity index (χ4n) is 4.31. The lowest BCUT2D eigenvalue weighted by molar-refractivity contribution is 0.0590. The first-order chi connectivity index (χ1) is 15.0. The van der Waals surface area contributed by atoms with E-state index < -0.39 is 0 Å². The van der Waals surface area contributed by atoms with Crippen molar-refractivity contribution in [3.63, 3.8) is 0 Å². The summed E-state index contributed by atoms with van der Waals surface area (Å²) >= 11 is 6.27. The molecule has 0 bridgehead atoms. The second-order valence-electron chi connectivity index (χ2n) is 8.18. The molecule has 3 aromatic rings. The lowest BCUT2D eigenvalue weighted by Gasteiger charge is -2.40. The van der Waals surface area contributed by atoms with Crippen LogP contribution < -0.4 is 0 Å². The Morgan fingerprint density at radius 1 is 1.06 bits per heavy atom. The standard InChI is InChI=1S/C25H29ClN4O/c1-4-30-17-22(26)23(27-30)25(31)29-14-12-28(13-15-29)24(20-8-6-5-7-9-20)21-16-18(2)10-11-19(21)3/h5-11,16-17,24H,4,12-15H2,1-3H3. The largest absolute Gasteiger partial charge is 0.335 e. The predicted molar refractivity (Wildman–Crippen MR) is 125 cm³/mol. The fraction of sp³-hybridized carbons (Fsp3) is 0.360. The molecule has 5 nitrogen and oxygen atoms in total. The molecule has 0 N–H and O–H groups in total. The molecule has 1 aliphatic heterocycles. The van der Waals surface area contributed by atoms with E-state index in [0.29, 0.717) is 30.4 Å². The van der Waals surface area contributed by atoms with Gasteiger partial charge in [0.15, 0.2) is 5.69 Å². The monoisotopic (exact) mass is 436 g/mol. The molecule has 1 saturated heterocycles. The van der Waals surface area contributed by atoms with Gasteiger partial charge in [-0.2, -0.15) is 5.10 Å². The molecule has 1 fully saturated rings. The molecule has 0 saturated carbocycles. The number of carbonyl (C=O) groups excluding carboxylic acids is 1. The second-order valence-corrected chi connectivity index (χ2v) is 8.59. The van der Waals surface area contributed by atoms with Gasteiger partial charge in [-0.1, -0.05) is 65.7 Å². The van der Waals surface area contributed by atoms with Crippen LogP contribution in [0.5, 0.6) is 0 Å². The molecule has 0 aliphatic carbocycles. The Balaban J connectivity index is 1.56. The second kappa shape index (κ2) is 9.25. The minimum Gasteiger partial charge on any atom is -0.335 e. The van der Waals surface area contributed by atoms with Gasteiger partial charge >= 0.3 is 0 Å². The van der Waals surface area contributed by atoms with E-state index in [1.807, 2.05) is 11.8 Å². The quantitative estimate of drug-likeness (QED) is 0.581. The molecule has 6 heteroatoms. The Bertz CT molecular complexity index is 1050. The van der Waals surface area contributed by atoms with Gasteiger partial charge in [0.05, 0.1) is 11.1 Å². The molecule has 0 spiro atoms. The van der Waals surface area contributed by atoms with Crippen LogP contribution in [-0.2, 0) is 6.54 Å². The molecular formula is C25H29ClN4O. The van der Waals surface area contributed by atoms with Crippen LogP contribution >= 0.6 is 11.6 Å². The molecule has 2 aromatic carbocycles. The van der Waals surface area contributed by atoms with E-state index in [0.717, 1.165) is 13.1 Å². The van der Waals surface area contributed by atoms with Gasteiger partial charge in [0, 0.05) is 38.9 Å². The smallest absolute Gasteiger partial charge is 0.276 e. The third kappa shape index (κ3) is 4.53. The average molecular weight is 437 g/mol. The number of rotatable bonds is 5. The average Bonchev–Trinajstić information content (AvgIpc) is 3.18. The van der Waals surface area contributed by atoms with Crippen molar-refractivity contribution in [2.45, 2.75) is 33.4 Å². The summed E-state index contributed by atoms with van der Waals surface area (Å²) in [7, 11) is 0. The van der Waals surface area contributed by atoms with Gasteiger partial charge in [0.25, 0.3) is 5.91 Å². The molecule has 4 rings (SSSR count). The van der Waals surface area contributed by atoms with Crippen molar-refractivity contribution in [1.29, 1.82) is 0 Å². The summed E-state index contributed by atoms with van der Waals surface area (Å²) in [5.74, 6) is -0.0835. The van der Waals surface area contributed by atoms with E-state index in [-0.39, 0.29) is 11.9 Å². The van der Waals surface area contributed by atoms with Gasteiger partial charge < -0.3 is 4.90 Å². The van der Waals surface area contributed by atoms with E-state index >= 15 is 0 Å². The summed E-state index contributed by atoms with van der Waals surface area (Å²) in [6, 6.07) is 17.5. The predicted octanol–water partition coefficient (Wildman–Crippen LogP) is 4.72. The normalized spacial score (nSPS) is 15.8. The third-order valence-electron chi connectivity index (χ3n) is 6.05. The summed E-state index contributed by atoms with van der Waals surface area (Å²) in [5, 5.41) is 4.78. The van der Waals surface area contributed by atoms with Crippen LogP contribution in [0.25, 0.3) is 0 Å². The van der Waals surface area contributed by atoms with Gasteiger partial charge in [-0.15, -0.1) is 0 Å². The highest BCUT2D eigenvalue weighted by Gasteiger charge is 2.30. The zero-order chi connectivity index (χ0) is 22.0. The highest BCUT2D eigenvalue weighted by Crippen LogP contribution is 2.32. The molecular weight excluding hydrogens is 408 g/mol. The lowest BCUT2D eigenvalue weighted by atomic mass is 9.92. The summed E-state index contributed by atoms with van der Waals surface area (Å²) in [5.41, 5.74) is 5.51. The molecule has 1 aromatic heterocycles. The van der Waals surface area contributed by atoms with Crippen molar-refractivity contribution in [3.8, 4) is 0 Å². The van der Waals surface area contributed by atoms with Crippen molar-refractivity contribution in [3.05, 3.63) is 87.7 Å². The van der Waals surface area contributed by atoms with E-state index in [1.54, 1.807) is 10.9 Å². The maximum absolute atomic E-state index is 13.0. The summed E-state index contributed by atoms with van der Waals surface area (Å²) in [6.07, 6.45) is 1.72. The van der Waals surface area contributed by atoms with Crippen LogP contribution in [-0.4, -0.2) is 51.7 Å². The summed E-state index contributed by atoms with van der Waals surface area (Å²) in [6.45, 7) is 9.89. The van der Waals surface area contributed by atoms with Crippen LogP contribution in [0.3, 0.4) is 0 Å². The van der Waals surface area contributed by atoms with Crippen LogP contribution in [0.4, 0.5) is 0 Å². The zero-order valence-corrected chi connectivity index (χ0v) is 19.1. The maximum atomic E-state index is 13.0. The molecule has 1 aliphatic rings. The molecule has 162 valence electrons. The first-order valence-electron chi connectivity index (χ1n) is 10.9. The Kier molecular flexibility index (Phi) is 6.44. The van der Waals surface area contributed by atoms with Gasteiger partial charge in [-0.3, -0.25) is 14.4 Å². The first kappa shape index (κ1) is 21.6.